The SMILES string of the molecule is COc1ccc([C@H](N)[C@H](O)Cc2ccccc2)cc1OCc1ccccc1.Cl. The fraction of sp³-hybridized carbons (Fsp3) is 0.217. The van der Waals surface area contributed by atoms with Crippen LogP contribution in [0.25, 0.3) is 0 Å². The molecule has 0 radical (unpaired) electrons. The summed E-state index contributed by atoms with van der Waals surface area (Å²) in [7, 11) is 1.61. The second-order valence-electron chi connectivity index (χ2n) is 6.47. The van der Waals surface area contributed by atoms with E-state index < -0.39 is 12.1 Å². The topological polar surface area (TPSA) is 64.7 Å². The molecule has 0 amide bonds. The molecule has 0 fully saturated rings. The summed E-state index contributed by atoms with van der Waals surface area (Å²) in [6.45, 7) is 0.433. The minimum atomic E-state index is -0.692. The van der Waals surface area contributed by atoms with Crippen LogP contribution in [0.5, 0.6) is 11.5 Å². The minimum Gasteiger partial charge on any atom is -0.493 e. The Labute approximate surface area is 172 Å². The van der Waals surface area contributed by atoms with Crippen LogP contribution in [0.4, 0.5) is 0 Å². The molecule has 0 saturated carbocycles. The third-order valence-corrected chi connectivity index (χ3v) is 4.51. The van der Waals surface area contributed by atoms with Gasteiger partial charge in [-0.25, -0.2) is 0 Å². The first-order valence-corrected chi connectivity index (χ1v) is 8.99. The molecule has 0 bridgehead atoms. The van der Waals surface area contributed by atoms with Crippen LogP contribution < -0.4 is 15.2 Å². The molecule has 3 aromatic rings. The van der Waals surface area contributed by atoms with E-state index in [-0.39, 0.29) is 12.4 Å². The minimum absolute atomic E-state index is 0. The van der Waals surface area contributed by atoms with E-state index in [1.54, 1.807) is 7.11 Å². The predicted molar refractivity (Wildman–Crippen MR) is 114 cm³/mol. The van der Waals surface area contributed by atoms with Gasteiger partial charge < -0.3 is 20.3 Å². The van der Waals surface area contributed by atoms with Crippen LogP contribution in [0.1, 0.15) is 22.7 Å². The number of nitrogens with two attached hydrogens (primary N) is 1. The fourth-order valence-corrected chi connectivity index (χ4v) is 2.95. The molecule has 0 unspecified atom stereocenters. The molecule has 2 atom stereocenters. The van der Waals surface area contributed by atoms with E-state index in [2.05, 4.69) is 0 Å². The maximum atomic E-state index is 10.6. The standard InChI is InChI=1S/C23H25NO3.ClH/c1-26-21-13-12-19(15-22(21)27-16-18-10-6-3-7-11-18)23(24)20(25)14-17-8-4-2-5-9-17;/h2-13,15,20,23,25H,14,16,24H2,1H3;1H/t20-,23+;/m1./s1. The van der Waals surface area contributed by atoms with Gasteiger partial charge in [0.15, 0.2) is 11.5 Å². The molecule has 3 aromatic carbocycles. The van der Waals surface area contributed by atoms with Gasteiger partial charge in [0.05, 0.1) is 19.3 Å². The van der Waals surface area contributed by atoms with Crippen LogP contribution in [0.2, 0.25) is 0 Å². The average Bonchev–Trinajstić information content (AvgIpc) is 2.73. The molecule has 3 N–H and O–H groups in total. The molecule has 5 heteroatoms. The lowest BCUT2D eigenvalue weighted by atomic mass is 9.96. The van der Waals surface area contributed by atoms with Gasteiger partial charge in [-0.1, -0.05) is 66.7 Å². The van der Waals surface area contributed by atoms with Crippen molar-refractivity contribution in [3.05, 3.63) is 95.6 Å². The number of aliphatic hydroxyl groups is 1. The number of ether oxygens (including phenoxy) is 2. The van der Waals surface area contributed by atoms with Gasteiger partial charge in [0.25, 0.3) is 0 Å². The predicted octanol–water partition coefficient (Wildman–Crippen LogP) is 4.30. The van der Waals surface area contributed by atoms with Gasteiger partial charge in [-0.15, -0.1) is 12.4 Å². The van der Waals surface area contributed by atoms with E-state index in [0.29, 0.717) is 24.5 Å². The second kappa shape index (κ2) is 10.7. The van der Waals surface area contributed by atoms with Crippen molar-refractivity contribution in [3.8, 4) is 11.5 Å². The second-order valence-corrected chi connectivity index (χ2v) is 6.47. The lowest BCUT2D eigenvalue weighted by Gasteiger charge is -2.21. The molecule has 4 nitrogen and oxygen atoms in total. The Kier molecular flexibility index (Phi) is 8.33. The molecule has 28 heavy (non-hydrogen) atoms. The Bertz CT molecular complexity index is 843. The molecule has 0 aromatic heterocycles. The number of hydrogen-bond donors (Lipinski definition) is 2. The first kappa shape index (κ1) is 21.8. The van der Waals surface area contributed by atoms with Crippen molar-refractivity contribution in [1.29, 1.82) is 0 Å². The molecule has 0 aliphatic heterocycles. The third-order valence-electron chi connectivity index (χ3n) is 4.51. The summed E-state index contributed by atoms with van der Waals surface area (Å²) in [5.41, 5.74) is 9.23. The number of benzene rings is 3. The van der Waals surface area contributed by atoms with Crippen molar-refractivity contribution in [2.75, 3.05) is 7.11 Å². The van der Waals surface area contributed by atoms with Gasteiger partial charge in [-0.05, 0) is 28.8 Å². The van der Waals surface area contributed by atoms with E-state index in [9.17, 15) is 5.11 Å². The van der Waals surface area contributed by atoms with E-state index in [0.717, 1.165) is 16.7 Å². The Morgan fingerprint density at radius 3 is 2.07 bits per heavy atom. The summed E-state index contributed by atoms with van der Waals surface area (Å²) in [6, 6.07) is 24.8. The molecular weight excluding hydrogens is 374 g/mol. The molecule has 0 spiro atoms. The van der Waals surface area contributed by atoms with Gasteiger partial charge in [0.1, 0.15) is 6.61 Å². The fourth-order valence-electron chi connectivity index (χ4n) is 2.95. The summed E-state index contributed by atoms with van der Waals surface area (Å²) in [6.07, 6.45) is -0.198. The zero-order chi connectivity index (χ0) is 19.1. The highest BCUT2D eigenvalue weighted by Crippen LogP contribution is 2.31. The first-order valence-electron chi connectivity index (χ1n) is 8.99. The van der Waals surface area contributed by atoms with Crippen molar-refractivity contribution in [2.24, 2.45) is 5.73 Å². The van der Waals surface area contributed by atoms with Gasteiger partial charge in [-0.2, -0.15) is 0 Å². The lowest BCUT2D eigenvalue weighted by Crippen LogP contribution is -2.28. The molecule has 0 aliphatic rings. The molecule has 0 heterocycles. The monoisotopic (exact) mass is 399 g/mol. The van der Waals surface area contributed by atoms with Gasteiger partial charge in [0, 0.05) is 6.42 Å². The van der Waals surface area contributed by atoms with E-state index in [1.807, 2.05) is 78.9 Å². The quantitative estimate of drug-likeness (QED) is 0.592. The molecular formula is C23H26ClNO3. The summed E-state index contributed by atoms with van der Waals surface area (Å²) in [5.74, 6) is 1.25. The van der Waals surface area contributed by atoms with Crippen molar-refractivity contribution < 1.29 is 14.6 Å². The summed E-state index contributed by atoms with van der Waals surface area (Å²) < 4.78 is 11.3. The lowest BCUT2D eigenvalue weighted by molar-refractivity contribution is 0.145. The smallest absolute Gasteiger partial charge is 0.161 e. The van der Waals surface area contributed by atoms with Crippen molar-refractivity contribution in [1.82, 2.24) is 0 Å². The highest BCUT2D eigenvalue weighted by atomic mass is 35.5. The first-order chi connectivity index (χ1) is 13.2. The highest BCUT2D eigenvalue weighted by molar-refractivity contribution is 5.85. The third kappa shape index (κ3) is 5.73. The van der Waals surface area contributed by atoms with Crippen LogP contribution in [0, 0.1) is 0 Å². The zero-order valence-corrected chi connectivity index (χ0v) is 16.6. The largest absolute Gasteiger partial charge is 0.493 e. The van der Waals surface area contributed by atoms with Gasteiger partial charge in [0.2, 0.25) is 0 Å². The van der Waals surface area contributed by atoms with Crippen LogP contribution >= 0.6 is 12.4 Å². The summed E-state index contributed by atoms with van der Waals surface area (Å²) >= 11 is 0. The van der Waals surface area contributed by atoms with Crippen LogP contribution in [-0.2, 0) is 13.0 Å². The molecule has 0 aliphatic carbocycles. The van der Waals surface area contributed by atoms with Crippen molar-refractivity contribution >= 4 is 12.4 Å². The zero-order valence-electron chi connectivity index (χ0n) is 15.8. The molecule has 0 saturated heterocycles. The number of hydrogen-bond acceptors (Lipinski definition) is 4. The van der Waals surface area contributed by atoms with Crippen LogP contribution in [0.3, 0.4) is 0 Å². The summed E-state index contributed by atoms with van der Waals surface area (Å²) in [5, 5.41) is 10.6. The van der Waals surface area contributed by atoms with Gasteiger partial charge >= 0.3 is 0 Å². The normalized spacial score (nSPS) is 12.5. The van der Waals surface area contributed by atoms with Crippen LogP contribution in [-0.4, -0.2) is 18.3 Å². The summed E-state index contributed by atoms with van der Waals surface area (Å²) in [4.78, 5) is 0. The highest BCUT2D eigenvalue weighted by Gasteiger charge is 2.19. The number of methoxy groups -OCH3 is 1. The van der Waals surface area contributed by atoms with Gasteiger partial charge in [-0.3, -0.25) is 0 Å². The van der Waals surface area contributed by atoms with Crippen molar-refractivity contribution in [2.45, 2.75) is 25.2 Å². The molecule has 3 rings (SSSR count). The van der Waals surface area contributed by atoms with Crippen LogP contribution in [0.15, 0.2) is 78.9 Å². The maximum Gasteiger partial charge on any atom is 0.161 e. The number of halogens is 1. The Hall–Kier alpha value is -2.53. The Morgan fingerprint density at radius 2 is 1.46 bits per heavy atom. The van der Waals surface area contributed by atoms with E-state index in [4.69, 9.17) is 15.2 Å². The molecule has 148 valence electrons. The Morgan fingerprint density at radius 1 is 0.857 bits per heavy atom. The van der Waals surface area contributed by atoms with E-state index >= 15 is 0 Å². The Balaban J connectivity index is 0.00000280. The number of aliphatic hydroxyl groups excluding tert-OH is 1. The number of rotatable bonds is 8. The maximum absolute atomic E-state index is 10.6. The van der Waals surface area contributed by atoms with Crippen molar-refractivity contribution in [3.63, 3.8) is 0 Å². The average molecular weight is 400 g/mol. The van der Waals surface area contributed by atoms with E-state index in [1.165, 1.54) is 0 Å².